The maximum atomic E-state index is 11.6. The number of esters is 1. The van der Waals surface area contributed by atoms with E-state index in [2.05, 4.69) is 44.1 Å². The molecule has 0 aromatic carbocycles. The van der Waals surface area contributed by atoms with Crippen molar-refractivity contribution in [2.24, 2.45) is 16.1 Å². The third kappa shape index (κ3) is 2.36. The standard InChI is InChI=1S/C12H22N2O3Si/c1-12(2,3)18(4,5)16-7-9-8-6-13-14-10(8)11(15)17-9/h8-10H,6-7H2,1-5H3/t8-,9-,10-/m1/s1. The largest absolute Gasteiger partial charge is 0.458 e. The van der Waals surface area contributed by atoms with Gasteiger partial charge in [-0.2, -0.15) is 10.2 Å². The fourth-order valence-corrected chi connectivity index (χ4v) is 2.94. The van der Waals surface area contributed by atoms with Crippen molar-refractivity contribution < 1.29 is 14.0 Å². The second-order valence-electron chi connectivity index (χ2n) is 6.59. The molecular weight excluding hydrogens is 248 g/mol. The van der Waals surface area contributed by atoms with Crippen LogP contribution in [0.2, 0.25) is 18.1 Å². The van der Waals surface area contributed by atoms with Gasteiger partial charge in [0.2, 0.25) is 0 Å². The Kier molecular flexibility index (Phi) is 3.35. The van der Waals surface area contributed by atoms with Crippen molar-refractivity contribution in [3.8, 4) is 0 Å². The number of nitrogens with zero attached hydrogens (tertiary/aromatic N) is 2. The number of hydrogen-bond donors (Lipinski definition) is 0. The van der Waals surface area contributed by atoms with Gasteiger partial charge in [0, 0.05) is 0 Å². The monoisotopic (exact) mass is 270 g/mol. The smallest absolute Gasteiger partial charge is 0.333 e. The molecule has 102 valence electrons. The second kappa shape index (κ2) is 4.42. The van der Waals surface area contributed by atoms with Gasteiger partial charge in [-0.3, -0.25) is 0 Å². The molecule has 0 N–H and O–H groups in total. The van der Waals surface area contributed by atoms with Crippen molar-refractivity contribution in [1.82, 2.24) is 0 Å². The average molecular weight is 270 g/mol. The molecular formula is C12H22N2O3Si. The molecule has 2 heterocycles. The summed E-state index contributed by atoms with van der Waals surface area (Å²) in [6.45, 7) is 12.1. The molecule has 2 aliphatic heterocycles. The van der Waals surface area contributed by atoms with E-state index in [1.807, 2.05) is 0 Å². The van der Waals surface area contributed by atoms with Crippen LogP contribution in [0.15, 0.2) is 10.2 Å². The maximum Gasteiger partial charge on any atom is 0.333 e. The zero-order valence-corrected chi connectivity index (χ0v) is 12.8. The normalized spacial score (nSPS) is 31.6. The van der Waals surface area contributed by atoms with E-state index in [1.54, 1.807) is 0 Å². The SMILES string of the molecule is CC(C)(C)[Si](C)(C)OC[C@H]1OC(=O)[C@@H]2N=NC[C@H]12. The van der Waals surface area contributed by atoms with Crippen molar-refractivity contribution in [2.75, 3.05) is 13.2 Å². The summed E-state index contributed by atoms with van der Waals surface area (Å²) in [6, 6.07) is -0.377. The molecule has 0 aromatic rings. The molecule has 2 aliphatic rings. The minimum atomic E-state index is -1.79. The molecule has 0 radical (unpaired) electrons. The number of carbonyl (C=O) groups is 1. The lowest BCUT2D eigenvalue weighted by Crippen LogP contribution is -2.43. The molecule has 0 unspecified atom stereocenters. The lowest BCUT2D eigenvalue weighted by Gasteiger charge is -2.37. The number of rotatable bonds is 3. The highest BCUT2D eigenvalue weighted by molar-refractivity contribution is 6.74. The van der Waals surface area contributed by atoms with Crippen LogP contribution < -0.4 is 0 Å². The fourth-order valence-electron chi connectivity index (χ4n) is 1.93. The lowest BCUT2D eigenvalue weighted by atomic mass is 9.99. The second-order valence-corrected chi connectivity index (χ2v) is 11.4. The van der Waals surface area contributed by atoms with Crippen molar-refractivity contribution in [3.63, 3.8) is 0 Å². The molecule has 3 atom stereocenters. The van der Waals surface area contributed by atoms with E-state index < -0.39 is 8.32 Å². The quantitative estimate of drug-likeness (QED) is 0.584. The number of hydrogen-bond acceptors (Lipinski definition) is 5. The Hall–Kier alpha value is -0.753. The minimum absolute atomic E-state index is 0.0854. The number of carbonyl (C=O) groups excluding carboxylic acids is 1. The Morgan fingerprint density at radius 2 is 2.11 bits per heavy atom. The molecule has 0 spiro atoms. The topological polar surface area (TPSA) is 60.2 Å². The van der Waals surface area contributed by atoms with Crippen LogP contribution in [0.25, 0.3) is 0 Å². The van der Waals surface area contributed by atoms with Gasteiger partial charge in [0.15, 0.2) is 14.4 Å². The third-order valence-corrected chi connectivity index (χ3v) is 8.81. The minimum Gasteiger partial charge on any atom is -0.458 e. The van der Waals surface area contributed by atoms with Gasteiger partial charge in [-0.15, -0.1) is 0 Å². The van der Waals surface area contributed by atoms with Crippen LogP contribution in [0, 0.1) is 5.92 Å². The van der Waals surface area contributed by atoms with Crippen LogP contribution in [0.5, 0.6) is 0 Å². The van der Waals surface area contributed by atoms with Gasteiger partial charge >= 0.3 is 5.97 Å². The van der Waals surface area contributed by atoms with Crippen molar-refractivity contribution in [1.29, 1.82) is 0 Å². The van der Waals surface area contributed by atoms with E-state index in [1.165, 1.54) is 0 Å². The van der Waals surface area contributed by atoms with Crippen molar-refractivity contribution in [2.45, 2.75) is 51.0 Å². The molecule has 0 bridgehead atoms. The molecule has 18 heavy (non-hydrogen) atoms. The highest BCUT2D eigenvalue weighted by atomic mass is 28.4. The van der Waals surface area contributed by atoms with Gasteiger partial charge in [-0.05, 0) is 18.1 Å². The van der Waals surface area contributed by atoms with Gasteiger partial charge in [-0.25, -0.2) is 4.79 Å². The van der Waals surface area contributed by atoms with E-state index in [4.69, 9.17) is 9.16 Å². The first-order valence-electron chi connectivity index (χ1n) is 6.43. The van der Waals surface area contributed by atoms with Crippen molar-refractivity contribution >= 4 is 14.3 Å². The Morgan fingerprint density at radius 3 is 2.72 bits per heavy atom. The van der Waals surface area contributed by atoms with E-state index in [9.17, 15) is 4.79 Å². The predicted molar refractivity (Wildman–Crippen MR) is 70.0 cm³/mol. The highest BCUT2D eigenvalue weighted by Gasteiger charge is 2.48. The Labute approximate surface area is 109 Å². The lowest BCUT2D eigenvalue weighted by molar-refractivity contribution is -0.143. The van der Waals surface area contributed by atoms with Crippen LogP contribution in [-0.4, -0.2) is 39.6 Å². The summed E-state index contributed by atoms with van der Waals surface area (Å²) in [7, 11) is -1.79. The summed E-state index contributed by atoms with van der Waals surface area (Å²) in [5, 5.41) is 8.04. The molecule has 0 amide bonds. The third-order valence-electron chi connectivity index (χ3n) is 4.31. The van der Waals surface area contributed by atoms with Gasteiger partial charge in [0.1, 0.15) is 6.10 Å². The molecule has 2 rings (SSSR count). The number of azo groups is 1. The molecule has 5 nitrogen and oxygen atoms in total. The van der Waals surface area contributed by atoms with Gasteiger partial charge in [0.25, 0.3) is 0 Å². The first kappa shape index (κ1) is 13.7. The molecule has 1 saturated heterocycles. The number of ether oxygens (including phenoxy) is 1. The zero-order chi connectivity index (χ0) is 13.6. The van der Waals surface area contributed by atoms with Gasteiger partial charge in [-0.1, -0.05) is 20.8 Å². The van der Waals surface area contributed by atoms with Gasteiger partial charge in [0.05, 0.1) is 19.1 Å². The summed E-state index contributed by atoms with van der Waals surface area (Å²) in [4.78, 5) is 11.6. The van der Waals surface area contributed by atoms with Crippen LogP contribution in [-0.2, 0) is 14.0 Å². The van der Waals surface area contributed by atoms with Crippen LogP contribution in [0.3, 0.4) is 0 Å². The Bertz CT molecular complexity index is 376. The molecule has 0 aromatic heterocycles. The highest BCUT2D eigenvalue weighted by Crippen LogP contribution is 2.38. The molecule has 0 saturated carbocycles. The fraction of sp³-hybridized carbons (Fsp3) is 0.917. The van der Waals surface area contributed by atoms with E-state index >= 15 is 0 Å². The average Bonchev–Trinajstić information content (AvgIpc) is 2.79. The first-order chi connectivity index (χ1) is 8.22. The maximum absolute atomic E-state index is 11.6. The predicted octanol–water partition coefficient (Wildman–Crippen LogP) is 2.38. The van der Waals surface area contributed by atoms with Crippen LogP contribution in [0.1, 0.15) is 20.8 Å². The number of fused-ring (bicyclic) bond motifs is 1. The Morgan fingerprint density at radius 1 is 1.44 bits per heavy atom. The van der Waals surface area contributed by atoms with Crippen LogP contribution >= 0.6 is 0 Å². The van der Waals surface area contributed by atoms with E-state index in [-0.39, 0.29) is 29.1 Å². The van der Waals surface area contributed by atoms with E-state index in [0.717, 1.165) is 0 Å². The Balaban J connectivity index is 1.94. The van der Waals surface area contributed by atoms with Gasteiger partial charge < -0.3 is 9.16 Å². The van der Waals surface area contributed by atoms with Crippen molar-refractivity contribution in [3.05, 3.63) is 0 Å². The van der Waals surface area contributed by atoms with Crippen LogP contribution in [0.4, 0.5) is 0 Å². The molecule has 1 fully saturated rings. The summed E-state index contributed by atoms with van der Waals surface area (Å²) in [6.07, 6.45) is -0.174. The number of cyclic esters (lactones) is 1. The summed E-state index contributed by atoms with van der Waals surface area (Å²) >= 11 is 0. The molecule has 0 aliphatic carbocycles. The summed E-state index contributed by atoms with van der Waals surface area (Å²) in [5.41, 5.74) is 0. The first-order valence-corrected chi connectivity index (χ1v) is 9.34. The molecule has 6 heteroatoms. The van der Waals surface area contributed by atoms with E-state index in [0.29, 0.717) is 13.2 Å². The summed E-state index contributed by atoms with van der Waals surface area (Å²) < 4.78 is 11.5. The zero-order valence-electron chi connectivity index (χ0n) is 11.8. The summed E-state index contributed by atoms with van der Waals surface area (Å²) in [5.74, 6) is -0.160.